The first-order valence-electron chi connectivity index (χ1n) is 6.51. The molecular formula is C13H18O9. The summed E-state index contributed by atoms with van der Waals surface area (Å²) < 4.78 is 25.2. The molecule has 0 aromatic carbocycles. The van der Waals surface area contributed by atoms with Gasteiger partial charge in [0.15, 0.2) is 6.10 Å². The van der Waals surface area contributed by atoms with Gasteiger partial charge in [0.25, 0.3) is 0 Å². The number of hydrogen-bond donors (Lipinski definition) is 0. The van der Waals surface area contributed by atoms with Gasteiger partial charge in [-0.25, -0.2) is 0 Å². The van der Waals surface area contributed by atoms with Crippen LogP contribution in [0.15, 0.2) is 0 Å². The van der Waals surface area contributed by atoms with Crippen molar-refractivity contribution in [3.8, 4) is 0 Å². The van der Waals surface area contributed by atoms with Crippen molar-refractivity contribution < 1.29 is 42.9 Å². The second kappa shape index (κ2) is 7.74. The van der Waals surface area contributed by atoms with Crippen LogP contribution in [0.25, 0.3) is 0 Å². The summed E-state index contributed by atoms with van der Waals surface area (Å²) in [5, 5.41) is 0. The van der Waals surface area contributed by atoms with Crippen molar-refractivity contribution in [2.45, 2.75) is 52.3 Å². The van der Waals surface area contributed by atoms with Crippen LogP contribution in [0.3, 0.4) is 0 Å². The maximum Gasteiger partial charge on any atom is 0.305 e. The van der Waals surface area contributed by atoms with Gasteiger partial charge in [-0.3, -0.25) is 19.2 Å². The van der Waals surface area contributed by atoms with E-state index in [9.17, 15) is 19.2 Å². The first-order chi connectivity index (χ1) is 10.2. The highest BCUT2D eigenvalue weighted by atomic mass is 16.8. The van der Waals surface area contributed by atoms with Crippen molar-refractivity contribution in [2.24, 2.45) is 0 Å². The molecule has 0 radical (unpaired) electrons. The second-order valence-corrected chi connectivity index (χ2v) is 4.60. The Hall–Kier alpha value is -2.16. The molecule has 9 nitrogen and oxygen atoms in total. The first kappa shape index (κ1) is 17.9. The molecule has 1 aliphatic heterocycles. The van der Waals surface area contributed by atoms with Crippen molar-refractivity contribution >= 4 is 23.9 Å². The quantitative estimate of drug-likeness (QED) is 0.497. The van der Waals surface area contributed by atoms with E-state index in [1.165, 1.54) is 6.92 Å². The molecule has 1 rings (SSSR count). The van der Waals surface area contributed by atoms with Gasteiger partial charge in [-0.1, -0.05) is 0 Å². The molecule has 1 fully saturated rings. The van der Waals surface area contributed by atoms with E-state index < -0.39 is 48.5 Å². The van der Waals surface area contributed by atoms with Crippen LogP contribution in [0.2, 0.25) is 0 Å². The molecule has 1 heterocycles. The fourth-order valence-corrected chi connectivity index (χ4v) is 1.93. The molecule has 0 amide bonds. The van der Waals surface area contributed by atoms with E-state index in [0.29, 0.717) is 0 Å². The molecule has 1 saturated heterocycles. The highest BCUT2D eigenvalue weighted by Gasteiger charge is 2.51. The molecule has 0 bridgehead atoms. The minimum atomic E-state index is -1.26. The van der Waals surface area contributed by atoms with E-state index >= 15 is 0 Å². The summed E-state index contributed by atoms with van der Waals surface area (Å²) in [6.45, 7) is 4.40. The van der Waals surface area contributed by atoms with E-state index in [0.717, 1.165) is 20.8 Å². The van der Waals surface area contributed by atoms with Gasteiger partial charge >= 0.3 is 23.9 Å². The molecule has 1 aliphatic rings. The number of rotatable bonds is 5. The summed E-state index contributed by atoms with van der Waals surface area (Å²) in [5.41, 5.74) is 0. The third-order valence-electron chi connectivity index (χ3n) is 2.60. The Morgan fingerprint density at radius 1 is 0.773 bits per heavy atom. The Morgan fingerprint density at radius 3 is 1.73 bits per heavy atom. The SMILES string of the molecule is CC(=O)OC[C@H]1O[C@H](OC(C)=O)[C@H](OC(C)=O)[C@H]1OC(C)=O. The largest absolute Gasteiger partial charge is 0.463 e. The van der Waals surface area contributed by atoms with E-state index in [-0.39, 0.29) is 6.61 Å². The molecule has 9 heteroatoms. The predicted molar refractivity (Wildman–Crippen MR) is 68.2 cm³/mol. The van der Waals surface area contributed by atoms with Gasteiger partial charge < -0.3 is 23.7 Å². The van der Waals surface area contributed by atoms with Crippen molar-refractivity contribution in [1.82, 2.24) is 0 Å². The van der Waals surface area contributed by atoms with Crippen LogP contribution in [0, 0.1) is 0 Å². The normalized spacial score (nSPS) is 26.9. The lowest BCUT2D eigenvalue weighted by Crippen LogP contribution is -2.42. The summed E-state index contributed by atoms with van der Waals surface area (Å²) in [7, 11) is 0. The molecular weight excluding hydrogens is 300 g/mol. The molecule has 0 spiro atoms. The molecule has 0 unspecified atom stereocenters. The predicted octanol–water partition coefficient (Wildman–Crippen LogP) is -0.299. The minimum Gasteiger partial charge on any atom is -0.463 e. The third-order valence-corrected chi connectivity index (χ3v) is 2.60. The lowest BCUT2D eigenvalue weighted by atomic mass is 10.1. The molecule has 0 N–H and O–H groups in total. The van der Waals surface area contributed by atoms with Gasteiger partial charge in [0, 0.05) is 27.7 Å². The molecule has 0 aliphatic carbocycles. The second-order valence-electron chi connectivity index (χ2n) is 4.60. The first-order valence-corrected chi connectivity index (χ1v) is 6.51. The highest BCUT2D eigenvalue weighted by Crippen LogP contribution is 2.28. The van der Waals surface area contributed by atoms with Gasteiger partial charge in [0.05, 0.1) is 0 Å². The lowest BCUT2D eigenvalue weighted by molar-refractivity contribution is -0.197. The Labute approximate surface area is 126 Å². The number of carbonyl (C=O) groups is 4. The summed E-state index contributed by atoms with van der Waals surface area (Å²) >= 11 is 0. The van der Waals surface area contributed by atoms with Crippen LogP contribution in [-0.4, -0.2) is 55.1 Å². The van der Waals surface area contributed by atoms with Crippen LogP contribution in [-0.2, 0) is 42.9 Å². The van der Waals surface area contributed by atoms with Crippen LogP contribution >= 0.6 is 0 Å². The van der Waals surface area contributed by atoms with Crippen molar-refractivity contribution in [3.05, 3.63) is 0 Å². The zero-order chi connectivity index (χ0) is 16.9. The number of esters is 4. The molecule has 22 heavy (non-hydrogen) atoms. The monoisotopic (exact) mass is 318 g/mol. The molecule has 124 valence electrons. The van der Waals surface area contributed by atoms with Gasteiger partial charge in [0.2, 0.25) is 12.4 Å². The van der Waals surface area contributed by atoms with E-state index in [1.807, 2.05) is 0 Å². The standard InChI is InChI=1S/C13H18O9/c1-6(14)18-5-10-11(19-7(2)15)12(20-8(3)16)13(22-10)21-9(4)17/h10-13H,5H2,1-4H3/t10-,11+,12-,13+/m1/s1. The Bertz CT molecular complexity index is 458. The van der Waals surface area contributed by atoms with E-state index in [4.69, 9.17) is 23.7 Å². The zero-order valence-electron chi connectivity index (χ0n) is 12.7. The van der Waals surface area contributed by atoms with Gasteiger partial charge in [0.1, 0.15) is 12.7 Å². The van der Waals surface area contributed by atoms with Crippen LogP contribution in [0.5, 0.6) is 0 Å². The van der Waals surface area contributed by atoms with Crippen LogP contribution < -0.4 is 0 Å². The van der Waals surface area contributed by atoms with Crippen molar-refractivity contribution in [3.63, 3.8) is 0 Å². The van der Waals surface area contributed by atoms with E-state index in [1.54, 1.807) is 0 Å². The number of carbonyl (C=O) groups excluding carboxylic acids is 4. The summed E-state index contributed by atoms with van der Waals surface area (Å²) in [5.74, 6) is -2.56. The Kier molecular flexibility index (Phi) is 6.29. The van der Waals surface area contributed by atoms with Crippen LogP contribution in [0.4, 0.5) is 0 Å². The highest BCUT2D eigenvalue weighted by molar-refractivity contribution is 5.68. The van der Waals surface area contributed by atoms with Gasteiger partial charge in [-0.15, -0.1) is 0 Å². The number of hydrogen-bond acceptors (Lipinski definition) is 9. The fourth-order valence-electron chi connectivity index (χ4n) is 1.93. The Balaban J connectivity index is 2.94. The average Bonchev–Trinajstić information content (AvgIpc) is 2.63. The summed E-state index contributed by atoms with van der Waals surface area (Å²) in [4.78, 5) is 44.4. The summed E-state index contributed by atoms with van der Waals surface area (Å²) in [6.07, 6.45) is -4.40. The summed E-state index contributed by atoms with van der Waals surface area (Å²) in [6, 6.07) is 0. The third kappa shape index (κ3) is 5.32. The van der Waals surface area contributed by atoms with Crippen molar-refractivity contribution in [2.75, 3.05) is 6.61 Å². The average molecular weight is 318 g/mol. The Morgan fingerprint density at radius 2 is 1.27 bits per heavy atom. The smallest absolute Gasteiger partial charge is 0.305 e. The fraction of sp³-hybridized carbons (Fsp3) is 0.692. The van der Waals surface area contributed by atoms with Gasteiger partial charge in [-0.05, 0) is 0 Å². The zero-order valence-corrected chi connectivity index (χ0v) is 12.7. The molecule has 0 saturated carbocycles. The van der Waals surface area contributed by atoms with Gasteiger partial charge in [-0.2, -0.15) is 0 Å². The number of ether oxygens (including phenoxy) is 5. The van der Waals surface area contributed by atoms with Crippen molar-refractivity contribution in [1.29, 1.82) is 0 Å². The minimum absolute atomic E-state index is 0.247. The molecule has 4 atom stereocenters. The molecule has 0 aromatic rings. The maximum absolute atomic E-state index is 11.2. The topological polar surface area (TPSA) is 114 Å². The lowest BCUT2D eigenvalue weighted by Gasteiger charge is -2.22. The van der Waals surface area contributed by atoms with Crippen LogP contribution in [0.1, 0.15) is 27.7 Å². The maximum atomic E-state index is 11.2. The molecule has 0 aromatic heterocycles. The van der Waals surface area contributed by atoms with E-state index in [2.05, 4.69) is 0 Å².